The summed E-state index contributed by atoms with van der Waals surface area (Å²) < 4.78 is 40.7. The van der Waals surface area contributed by atoms with Crippen molar-refractivity contribution >= 4 is 34.9 Å². The number of benzene rings is 1. The van der Waals surface area contributed by atoms with Crippen LogP contribution in [0.3, 0.4) is 0 Å². The zero-order valence-corrected chi connectivity index (χ0v) is 27.0. The van der Waals surface area contributed by atoms with Gasteiger partial charge in [-0.2, -0.15) is 13.2 Å². The highest BCUT2D eigenvalue weighted by Gasteiger charge is 2.41. The van der Waals surface area contributed by atoms with Crippen LogP contribution in [0.4, 0.5) is 30.4 Å². The first-order valence-corrected chi connectivity index (χ1v) is 15.9. The molecule has 1 aromatic carbocycles. The first-order valence-electron chi connectivity index (χ1n) is 15.9. The van der Waals surface area contributed by atoms with Crippen LogP contribution in [-0.4, -0.2) is 91.4 Å². The van der Waals surface area contributed by atoms with E-state index in [1.165, 1.54) is 17.9 Å². The van der Waals surface area contributed by atoms with E-state index in [4.69, 9.17) is 0 Å². The smallest absolute Gasteiger partial charge is 0.372 e. The van der Waals surface area contributed by atoms with E-state index in [0.717, 1.165) is 80.3 Å². The number of halogens is 3. The molecule has 3 saturated heterocycles. The van der Waals surface area contributed by atoms with E-state index in [0.29, 0.717) is 17.6 Å². The van der Waals surface area contributed by atoms with Crippen LogP contribution in [0.25, 0.3) is 0 Å². The molecule has 3 amide bonds. The molecule has 1 aromatic heterocycles. The van der Waals surface area contributed by atoms with Crippen molar-refractivity contribution in [3.8, 4) is 0 Å². The fourth-order valence-electron chi connectivity index (χ4n) is 7.24. The molecular formula is C34H43F3N6O3. The van der Waals surface area contributed by atoms with Crippen LogP contribution in [0, 0.1) is 19.8 Å². The Bertz CT molecular complexity index is 1490. The summed E-state index contributed by atoms with van der Waals surface area (Å²) in [6.45, 7) is 11.3. The molecule has 4 heterocycles. The molecule has 0 aliphatic carbocycles. The Morgan fingerprint density at radius 1 is 1.07 bits per heavy atom. The molecule has 248 valence electrons. The summed E-state index contributed by atoms with van der Waals surface area (Å²) in [6, 6.07) is 6.92. The Balaban J connectivity index is 1.28. The molecule has 3 fully saturated rings. The minimum absolute atomic E-state index is 0.00819. The number of pyridine rings is 1. The quantitative estimate of drug-likeness (QED) is 0.386. The molecule has 9 nitrogen and oxygen atoms in total. The molecule has 2 aromatic rings. The second-order valence-corrected chi connectivity index (χ2v) is 12.8. The molecule has 0 saturated carbocycles. The van der Waals surface area contributed by atoms with Gasteiger partial charge in [-0.1, -0.05) is 18.7 Å². The van der Waals surface area contributed by atoms with Crippen LogP contribution in [0.15, 0.2) is 43.0 Å². The monoisotopic (exact) mass is 640 g/mol. The fourth-order valence-corrected chi connectivity index (χ4v) is 7.24. The van der Waals surface area contributed by atoms with Crippen LogP contribution in [0.2, 0.25) is 0 Å². The van der Waals surface area contributed by atoms with Gasteiger partial charge in [-0.15, -0.1) is 0 Å². The third-order valence-electron chi connectivity index (χ3n) is 9.65. The molecule has 3 aliphatic heterocycles. The first-order chi connectivity index (χ1) is 21.8. The van der Waals surface area contributed by atoms with Crippen molar-refractivity contribution in [2.24, 2.45) is 5.92 Å². The number of anilines is 3. The number of para-hydroxylation sites is 1. The van der Waals surface area contributed by atoms with E-state index in [2.05, 4.69) is 21.4 Å². The standard InChI is InChI=1S/C34H43F3N6O3/c1-6-30(44)42-17-14-26(21-42)41-15-12-24(13-16-41)20-39(4)32-22(2)8-7-9-27(32)40(5)33(46)28-10-11-31(45)43(28)29-19-25(34(35,36)37)18-23(3)38-29/h6-9,18-19,24,26,28H,1,10-17,20-21H2,2-5H3/t26-,28-/m0/s1. The third-order valence-corrected chi connectivity index (χ3v) is 9.65. The lowest BCUT2D eigenvalue weighted by Gasteiger charge is -2.38. The SMILES string of the molecule is C=CC(=O)N1CC[C@H](N2CCC(CN(C)c3c(C)cccc3N(C)C(=O)[C@@H]3CCC(=O)N3c3cc(C(F)(F)F)cc(C)n3)CC2)C1. The van der Waals surface area contributed by atoms with Gasteiger partial charge in [-0.25, -0.2) is 4.98 Å². The van der Waals surface area contributed by atoms with Crippen molar-refractivity contribution in [3.63, 3.8) is 0 Å². The Hall–Kier alpha value is -3.93. The molecule has 0 unspecified atom stereocenters. The molecule has 3 aliphatic rings. The van der Waals surface area contributed by atoms with Crippen molar-refractivity contribution < 1.29 is 27.6 Å². The number of likely N-dealkylation sites (tertiary alicyclic amines) is 2. The Labute approximate surface area is 268 Å². The number of carbonyl (C=O) groups excluding carboxylic acids is 3. The molecule has 2 atom stereocenters. The second-order valence-electron chi connectivity index (χ2n) is 12.8. The number of nitrogens with zero attached hydrogens (tertiary/aromatic N) is 6. The highest BCUT2D eigenvalue weighted by molar-refractivity contribution is 6.09. The van der Waals surface area contributed by atoms with Gasteiger partial charge in [-0.05, 0) is 88.4 Å². The molecule has 46 heavy (non-hydrogen) atoms. The van der Waals surface area contributed by atoms with E-state index in [9.17, 15) is 27.6 Å². The van der Waals surface area contributed by atoms with Crippen molar-refractivity contribution in [3.05, 3.63) is 59.8 Å². The van der Waals surface area contributed by atoms with Crippen LogP contribution in [0.5, 0.6) is 0 Å². The average molecular weight is 641 g/mol. The Morgan fingerprint density at radius 3 is 2.46 bits per heavy atom. The number of aromatic nitrogens is 1. The van der Waals surface area contributed by atoms with Gasteiger partial charge in [0, 0.05) is 51.9 Å². The van der Waals surface area contributed by atoms with Crippen LogP contribution >= 0.6 is 0 Å². The molecule has 5 rings (SSSR count). The first kappa shape index (κ1) is 33.4. The highest BCUT2D eigenvalue weighted by atomic mass is 19.4. The van der Waals surface area contributed by atoms with Crippen LogP contribution < -0.4 is 14.7 Å². The van der Waals surface area contributed by atoms with E-state index in [-0.39, 0.29) is 36.2 Å². The summed E-state index contributed by atoms with van der Waals surface area (Å²) in [7, 11) is 3.67. The molecule has 0 bridgehead atoms. The Kier molecular flexibility index (Phi) is 9.76. The number of amides is 3. The van der Waals surface area contributed by atoms with Crippen LogP contribution in [0.1, 0.15) is 48.9 Å². The summed E-state index contributed by atoms with van der Waals surface area (Å²) >= 11 is 0. The summed E-state index contributed by atoms with van der Waals surface area (Å²) in [6.07, 6.45) is 0.0306. The van der Waals surface area contributed by atoms with E-state index in [1.807, 2.05) is 37.1 Å². The van der Waals surface area contributed by atoms with E-state index in [1.54, 1.807) is 7.05 Å². The van der Waals surface area contributed by atoms with Gasteiger partial charge >= 0.3 is 6.18 Å². The number of alkyl halides is 3. The van der Waals surface area contributed by atoms with Crippen molar-refractivity contribution in [1.29, 1.82) is 0 Å². The minimum atomic E-state index is -4.61. The molecule has 0 spiro atoms. The maximum absolute atomic E-state index is 14.0. The van der Waals surface area contributed by atoms with Crippen molar-refractivity contribution in [2.75, 3.05) is 61.5 Å². The molecule has 0 radical (unpaired) electrons. The van der Waals surface area contributed by atoms with Gasteiger partial charge in [0.25, 0.3) is 0 Å². The molecular weight excluding hydrogens is 597 g/mol. The number of piperidine rings is 1. The third kappa shape index (κ3) is 6.91. The lowest BCUT2D eigenvalue weighted by atomic mass is 9.94. The van der Waals surface area contributed by atoms with Crippen LogP contribution in [-0.2, 0) is 20.6 Å². The minimum Gasteiger partial charge on any atom is -0.372 e. The normalized spacial score (nSPS) is 21.2. The number of likely N-dealkylation sites (N-methyl/N-ethyl adjacent to an activating group) is 1. The number of rotatable bonds is 8. The zero-order chi connectivity index (χ0) is 33.3. The zero-order valence-electron chi connectivity index (χ0n) is 27.0. The maximum Gasteiger partial charge on any atom is 0.416 e. The number of hydrogen-bond donors (Lipinski definition) is 0. The van der Waals surface area contributed by atoms with Gasteiger partial charge in [-0.3, -0.25) is 24.2 Å². The lowest BCUT2D eigenvalue weighted by molar-refractivity contribution is -0.137. The molecule has 0 N–H and O–H groups in total. The van der Waals surface area contributed by atoms with Gasteiger partial charge in [0.1, 0.15) is 11.9 Å². The van der Waals surface area contributed by atoms with Gasteiger partial charge in [0.2, 0.25) is 17.7 Å². The van der Waals surface area contributed by atoms with Crippen molar-refractivity contribution in [1.82, 2.24) is 14.8 Å². The van der Waals surface area contributed by atoms with Gasteiger partial charge in [0.05, 0.1) is 16.9 Å². The predicted molar refractivity (Wildman–Crippen MR) is 172 cm³/mol. The van der Waals surface area contributed by atoms with Gasteiger partial charge in [0.15, 0.2) is 0 Å². The predicted octanol–water partition coefficient (Wildman–Crippen LogP) is 4.81. The average Bonchev–Trinajstić information content (AvgIpc) is 3.67. The van der Waals surface area contributed by atoms with E-state index < -0.39 is 23.7 Å². The maximum atomic E-state index is 14.0. The summed E-state index contributed by atoms with van der Waals surface area (Å²) in [5.74, 6) is -0.529. The number of aryl methyl sites for hydroxylation is 2. The summed E-state index contributed by atoms with van der Waals surface area (Å²) in [5, 5.41) is 0. The topological polar surface area (TPSA) is 80.3 Å². The number of carbonyl (C=O) groups is 3. The second kappa shape index (κ2) is 13.4. The fraction of sp³-hybridized carbons (Fsp3) is 0.529. The van der Waals surface area contributed by atoms with E-state index >= 15 is 0 Å². The largest absolute Gasteiger partial charge is 0.416 e. The van der Waals surface area contributed by atoms with Crippen molar-refractivity contribution in [2.45, 2.75) is 64.2 Å². The number of hydrogen-bond acceptors (Lipinski definition) is 6. The highest BCUT2D eigenvalue weighted by Crippen LogP contribution is 2.37. The Morgan fingerprint density at radius 2 is 1.78 bits per heavy atom. The summed E-state index contributed by atoms with van der Waals surface area (Å²) in [4.78, 5) is 52.4. The summed E-state index contributed by atoms with van der Waals surface area (Å²) in [5.41, 5.74) is 1.78. The molecule has 12 heteroatoms. The lowest BCUT2D eigenvalue weighted by Crippen LogP contribution is -2.47. The van der Waals surface area contributed by atoms with Gasteiger partial charge < -0.3 is 14.7 Å².